The normalized spacial score (nSPS) is 16.5. The molecule has 7 heteroatoms. The molecular formula is C30H23FN2O3S. The average Bonchev–Trinajstić information content (AvgIpc) is 3.02. The largest absolute Gasteiger partial charge is 0.334 e. The van der Waals surface area contributed by atoms with Crippen molar-refractivity contribution in [2.75, 3.05) is 11.4 Å². The first kappa shape index (κ1) is 23.3. The van der Waals surface area contributed by atoms with Crippen LogP contribution in [-0.2, 0) is 30.3 Å². The molecule has 0 fully saturated rings. The van der Waals surface area contributed by atoms with Gasteiger partial charge in [-0.05, 0) is 65.6 Å². The number of carbonyl (C=O) groups excluding carboxylic acids is 2. The van der Waals surface area contributed by atoms with Crippen LogP contribution in [0.3, 0.4) is 0 Å². The van der Waals surface area contributed by atoms with Gasteiger partial charge in [-0.3, -0.25) is 9.59 Å². The van der Waals surface area contributed by atoms with Crippen molar-refractivity contribution >= 4 is 28.3 Å². The number of benzene rings is 4. The van der Waals surface area contributed by atoms with Crippen molar-refractivity contribution in [1.29, 1.82) is 0 Å². The molecule has 2 aliphatic rings. The van der Waals surface area contributed by atoms with Gasteiger partial charge < -0.3 is 9.80 Å². The quantitative estimate of drug-likeness (QED) is 0.373. The van der Waals surface area contributed by atoms with E-state index in [1.54, 1.807) is 59.5 Å². The fourth-order valence-electron chi connectivity index (χ4n) is 4.98. The molecule has 2 aliphatic heterocycles. The number of rotatable bonds is 3. The molecule has 0 aliphatic carbocycles. The van der Waals surface area contributed by atoms with Gasteiger partial charge in [0.25, 0.3) is 11.8 Å². The maximum Gasteiger partial charge on any atom is 0.259 e. The van der Waals surface area contributed by atoms with Crippen molar-refractivity contribution in [3.05, 3.63) is 125 Å². The summed E-state index contributed by atoms with van der Waals surface area (Å²) in [5.41, 5.74) is 4.29. The van der Waals surface area contributed by atoms with Crippen LogP contribution in [0.25, 0.3) is 0 Å². The molecule has 5 nitrogen and oxygen atoms in total. The fourth-order valence-corrected chi connectivity index (χ4v) is 6.32. The van der Waals surface area contributed by atoms with Gasteiger partial charge in [-0.1, -0.05) is 48.5 Å². The standard InChI is InChI=1S/C30H23FN2O3S/c31-24-12-9-20(10-13-24)18-33-26-17-22(29(34)32-16-15-21-5-1-2-6-23(21)19-32)11-14-28(26)37(36)27-8-4-3-7-25(27)30(33)35/h1-14,17H,15-16,18-19H2/t37-/m0/s1. The zero-order valence-corrected chi connectivity index (χ0v) is 20.7. The molecule has 0 aromatic heterocycles. The summed E-state index contributed by atoms with van der Waals surface area (Å²) in [5, 5.41) is 0. The molecule has 0 unspecified atom stereocenters. The van der Waals surface area contributed by atoms with E-state index in [9.17, 15) is 18.2 Å². The molecule has 6 rings (SSSR count). The van der Waals surface area contributed by atoms with Gasteiger partial charge in [0.15, 0.2) is 0 Å². The molecule has 0 bridgehead atoms. The molecular weight excluding hydrogens is 487 g/mol. The molecule has 4 aromatic rings. The Kier molecular flexibility index (Phi) is 5.93. The molecule has 2 amide bonds. The van der Waals surface area contributed by atoms with Crippen molar-refractivity contribution in [1.82, 2.24) is 4.90 Å². The smallest absolute Gasteiger partial charge is 0.259 e. The Bertz CT molecular complexity index is 1570. The van der Waals surface area contributed by atoms with Crippen LogP contribution >= 0.6 is 0 Å². The molecule has 4 aromatic carbocycles. The second kappa shape index (κ2) is 9.41. The number of nitrogens with zero attached hydrogens (tertiary/aromatic N) is 2. The maximum absolute atomic E-state index is 13.8. The highest BCUT2D eigenvalue weighted by molar-refractivity contribution is 7.85. The van der Waals surface area contributed by atoms with E-state index in [0.717, 1.165) is 17.5 Å². The summed E-state index contributed by atoms with van der Waals surface area (Å²) in [4.78, 5) is 31.6. The molecule has 0 spiro atoms. The maximum atomic E-state index is 13.8. The van der Waals surface area contributed by atoms with Crippen molar-refractivity contribution in [2.45, 2.75) is 29.3 Å². The highest BCUT2D eigenvalue weighted by atomic mass is 32.2. The number of amides is 2. The number of fused-ring (bicyclic) bond motifs is 3. The average molecular weight is 511 g/mol. The van der Waals surface area contributed by atoms with Gasteiger partial charge >= 0.3 is 0 Å². The predicted octanol–water partition coefficient (Wildman–Crippen LogP) is 5.35. The third-order valence-electron chi connectivity index (χ3n) is 6.93. The van der Waals surface area contributed by atoms with E-state index in [0.29, 0.717) is 39.7 Å². The Morgan fingerprint density at radius 3 is 2.41 bits per heavy atom. The van der Waals surface area contributed by atoms with Crippen molar-refractivity contribution in [3.63, 3.8) is 0 Å². The Morgan fingerprint density at radius 1 is 0.865 bits per heavy atom. The Balaban J connectivity index is 1.41. The zero-order valence-electron chi connectivity index (χ0n) is 19.9. The minimum atomic E-state index is -1.61. The summed E-state index contributed by atoms with van der Waals surface area (Å²) < 4.78 is 27.2. The van der Waals surface area contributed by atoms with Gasteiger partial charge in [-0.25, -0.2) is 8.60 Å². The van der Waals surface area contributed by atoms with Crippen molar-refractivity contribution in [2.24, 2.45) is 0 Å². The highest BCUT2D eigenvalue weighted by Crippen LogP contribution is 2.36. The van der Waals surface area contributed by atoms with Crippen LogP contribution in [0, 0.1) is 5.82 Å². The topological polar surface area (TPSA) is 57.7 Å². The van der Waals surface area contributed by atoms with Gasteiger partial charge in [-0.2, -0.15) is 0 Å². The van der Waals surface area contributed by atoms with Gasteiger partial charge in [0, 0.05) is 18.7 Å². The lowest BCUT2D eigenvalue weighted by atomic mass is 9.99. The Hall–Kier alpha value is -4.10. The molecule has 184 valence electrons. The third kappa shape index (κ3) is 4.25. The number of carbonyl (C=O) groups is 2. The fraction of sp³-hybridized carbons (Fsp3) is 0.133. The van der Waals surface area contributed by atoms with Crippen LogP contribution < -0.4 is 4.90 Å². The lowest BCUT2D eigenvalue weighted by Crippen LogP contribution is -2.36. The molecule has 0 saturated heterocycles. The number of halogens is 1. The van der Waals surface area contributed by atoms with E-state index >= 15 is 0 Å². The van der Waals surface area contributed by atoms with Crippen LogP contribution in [0.15, 0.2) is 101 Å². The summed E-state index contributed by atoms with van der Waals surface area (Å²) >= 11 is 0. The molecule has 0 saturated carbocycles. The third-order valence-corrected chi connectivity index (χ3v) is 8.43. The van der Waals surface area contributed by atoms with E-state index in [2.05, 4.69) is 6.07 Å². The van der Waals surface area contributed by atoms with Crippen molar-refractivity contribution in [3.8, 4) is 0 Å². The molecule has 2 heterocycles. The number of anilines is 1. The summed E-state index contributed by atoms with van der Waals surface area (Å²) in [6.45, 7) is 1.26. The van der Waals surface area contributed by atoms with Crippen LogP contribution in [0.2, 0.25) is 0 Å². The highest BCUT2D eigenvalue weighted by Gasteiger charge is 2.32. The summed E-state index contributed by atoms with van der Waals surface area (Å²) in [6, 6.07) is 25.9. The summed E-state index contributed by atoms with van der Waals surface area (Å²) in [5.74, 6) is -0.823. The minimum absolute atomic E-state index is 0.140. The Labute approximate surface area is 216 Å². The van der Waals surface area contributed by atoms with E-state index in [-0.39, 0.29) is 24.2 Å². The van der Waals surface area contributed by atoms with E-state index in [1.165, 1.54) is 22.6 Å². The number of hydrogen-bond donors (Lipinski definition) is 0. The zero-order chi connectivity index (χ0) is 25.5. The first-order valence-corrected chi connectivity index (χ1v) is 13.2. The molecule has 1 atom stereocenters. The lowest BCUT2D eigenvalue weighted by molar-refractivity contribution is 0.0734. The predicted molar refractivity (Wildman–Crippen MR) is 139 cm³/mol. The van der Waals surface area contributed by atoms with Crippen LogP contribution in [0.5, 0.6) is 0 Å². The van der Waals surface area contributed by atoms with E-state index in [4.69, 9.17) is 0 Å². The first-order chi connectivity index (χ1) is 18.0. The minimum Gasteiger partial charge on any atom is -0.334 e. The van der Waals surface area contributed by atoms with Crippen molar-refractivity contribution < 1.29 is 18.2 Å². The molecule has 0 radical (unpaired) electrons. The molecule has 0 N–H and O–H groups in total. The monoisotopic (exact) mass is 510 g/mol. The second-order valence-electron chi connectivity index (χ2n) is 9.21. The van der Waals surface area contributed by atoms with Crippen LogP contribution in [0.1, 0.15) is 37.4 Å². The second-order valence-corrected chi connectivity index (χ2v) is 10.6. The first-order valence-electron chi connectivity index (χ1n) is 12.1. The molecule has 37 heavy (non-hydrogen) atoms. The van der Waals surface area contributed by atoms with Gasteiger partial charge in [-0.15, -0.1) is 0 Å². The Morgan fingerprint density at radius 2 is 1.59 bits per heavy atom. The van der Waals surface area contributed by atoms with E-state index < -0.39 is 10.8 Å². The lowest BCUT2D eigenvalue weighted by Gasteiger charge is -2.29. The summed E-state index contributed by atoms with van der Waals surface area (Å²) in [6.07, 6.45) is 0.779. The van der Waals surface area contributed by atoms with E-state index in [1.807, 2.05) is 18.2 Å². The summed E-state index contributed by atoms with van der Waals surface area (Å²) in [7, 11) is -1.61. The van der Waals surface area contributed by atoms with Gasteiger partial charge in [0.1, 0.15) is 5.82 Å². The van der Waals surface area contributed by atoms with Gasteiger partial charge in [0.2, 0.25) is 0 Å². The van der Waals surface area contributed by atoms with Gasteiger partial charge in [0.05, 0.1) is 38.4 Å². The van der Waals surface area contributed by atoms with Crippen LogP contribution in [-0.4, -0.2) is 27.5 Å². The number of hydrogen-bond acceptors (Lipinski definition) is 3. The SMILES string of the molecule is O=C(c1ccc2c(c1)N(Cc1ccc(F)cc1)C(=O)c1ccccc1[S@@]2=O)N1CCc2ccccc2C1. The van der Waals surface area contributed by atoms with Crippen LogP contribution in [0.4, 0.5) is 10.1 Å².